The first kappa shape index (κ1) is 34.4. The molecule has 2 bridgehead atoms. The van der Waals surface area contributed by atoms with Gasteiger partial charge < -0.3 is 29.7 Å². The summed E-state index contributed by atoms with van der Waals surface area (Å²) in [6.45, 7) is 11.9. The van der Waals surface area contributed by atoms with E-state index in [1.165, 1.54) is 4.90 Å². The van der Waals surface area contributed by atoms with Gasteiger partial charge in [-0.3, -0.25) is 19.2 Å². The SMILES string of the molecule is C=CCCC(=O)OC[C@@H](NC(=O)[C@@H]1[C@H]2C(=O)N([C@@H](CC)CO)[C@H](C(=O)N(CC=C)CCCCC)[C@]23CC[C@H]1O3)c1ccccc1. The van der Waals surface area contributed by atoms with Crippen LogP contribution in [0, 0.1) is 11.8 Å². The van der Waals surface area contributed by atoms with Crippen molar-refractivity contribution in [3.63, 3.8) is 0 Å². The summed E-state index contributed by atoms with van der Waals surface area (Å²) in [5, 5.41) is 13.4. The van der Waals surface area contributed by atoms with Gasteiger partial charge in [-0.15, -0.1) is 13.2 Å². The Kier molecular flexibility index (Phi) is 12.0. The van der Waals surface area contributed by atoms with Gasteiger partial charge in [-0.25, -0.2) is 0 Å². The highest BCUT2D eigenvalue weighted by Gasteiger charge is 2.75. The molecule has 10 heteroatoms. The van der Waals surface area contributed by atoms with E-state index in [0.29, 0.717) is 38.8 Å². The summed E-state index contributed by atoms with van der Waals surface area (Å²) >= 11 is 0. The lowest BCUT2D eigenvalue weighted by Gasteiger charge is -2.39. The van der Waals surface area contributed by atoms with E-state index in [-0.39, 0.29) is 37.4 Å². The number of amides is 3. The molecule has 0 radical (unpaired) electrons. The normalized spacial score (nSPS) is 26.2. The molecule has 3 aliphatic heterocycles. The minimum absolute atomic E-state index is 0.0718. The average molecular weight is 624 g/mol. The Labute approximate surface area is 266 Å². The zero-order valence-electron chi connectivity index (χ0n) is 26.7. The predicted molar refractivity (Wildman–Crippen MR) is 170 cm³/mol. The van der Waals surface area contributed by atoms with Gasteiger partial charge in [0.1, 0.15) is 18.2 Å². The van der Waals surface area contributed by atoms with Gasteiger partial charge in [0.2, 0.25) is 17.7 Å². The molecule has 2 N–H and O–H groups in total. The zero-order chi connectivity index (χ0) is 32.6. The number of likely N-dealkylation sites (tertiary alicyclic amines) is 1. The predicted octanol–water partition coefficient (Wildman–Crippen LogP) is 3.70. The van der Waals surface area contributed by atoms with Crippen LogP contribution >= 0.6 is 0 Å². The molecule has 246 valence electrons. The van der Waals surface area contributed by atoms with Crippen LogP contribution in [0.4, 0.5) is 0 Å². The van der Waals surface area contributed by atoms with Crippen LogP contribution in [-0.2, 0) is 28.7 Å². The van der Waals surface area contributed by atoms with Gasteiger partial charge in [-0.05, 0) is 37.7 Å². The molecule has 1 spiro atoms. The minimum atomic E-state index is -1.17. The molecule has 45 heavy (non-hydrogen) atoms. The van der Waals surface area contributed by atoms with Gasteiger partial charge in [-0.1, -0.05) is 69.2 Å². The molecule has 4 rings (SSSR count). The first-order chi connectivity index (χ1) is 21.8. The van der Waals surface area contributed by atoms with Crippen molar-refractivity contribution in [3.05, 3.63) is 61.2 Å². The Balaban J connectivity index is 1.64. The molecule has 3 fully saturated rings. The summed E-state index contributed by atoms with van der Waals surface area (Å²) in [7, 11) is 0. The van der Waals surface area contributed by atoms with Crippen molar-refractivity contribution in [1.82, 2.24) is 15.1 Å². The number of rotatable bonds is 18. The number of benzene rings is 1. The number of ether oxygens (including phenoxy) is 2. The number of carbonyl (C=O) groups excluding carboxylic acids is 4. The van der Waals surface area contributed by atoms with Crippen molar-refractivity contribution in [2.75, 3.05) is 26.3 Å². The van der Waals surface area contributed by atoms with Gasteiger partial charge >= 0.3 is 5.97 Å². The van der Waals surface area contributed by atoms with E-state index in [9.17, 15) is 24.3 Å². The fraction of sp³-hybridized carbons (Fsp3) is 0.600. The third-order valence-corrected chi connectivity index (χ3v) is 9.52. The summed E-state index contributed by atoms with van der Waals surface area (Å²) < 4.78 is 12.1. The number of carbonyl (C=O) groups is 4. The standard InChI is InChI=1S/C35H49N3O7/c1-5-9-14-21-37(20-7-3)34(43)31-35-19-18-27(45-35)29(30(35)33(42)38(31)25(8-4)22-39)32(41)36-26(24-15-12-11-13-16-24)23-44-28(40)17-10-6-2/h6-7,11-13,15-16,25-27,29-31,39H,2-3,5,8-10,14,17-23H2,1,4H3,(H,36,41)/t25-,26+,27+,29-,30-,31+,35-/m0/s1. The minimum Gasteiger partial charge on any atom is -0.463 e. The van der Waals surface area contributed by atoms with E-state index >= 15 is 0 Å². The molecule has 1 aromatic carbocycles. The number of hydrogen-bond acceptors (Lipinski definition) is 7. The van der Waals surface area contributed by atoms with Gasteiger partial charge in [0, 0.05) is 19.5 Å². The average Bonchev–Trinajstić information content (AvgIpc) is 3.70. The molecule has 3 aliphatic rings. The van der Waals surface area contributed by atoms with Crippen LogP contribution in [0.25, 0.3) is 0 Å². The summed E-state index contributed by atoms with van der Waals surface area (Å²) in [5.74, 6) is -3.06. The Morgan fingerprint density at radius 1 is 1.20 bits per heavy atom. The fourth-order valence-corrected chi connectivity index (χ4v) is 7.29. The molecule has 0 saturated carbocycles. The van der Waals surface area contributed by atoms with Gasteiger partial charge in [-0.2, -0.15) is 0 Å². The maximum absolute atomic E-state index is 14.4. The van der Waals surface area contributed by atoms with Crippen LogP contribution in [0.2, 0.25) is 0 Å². The molecule has 3 amide bonds. The Morgan fingerprint density at radius 2 is 1.96 bits per heavy atom. The number of unbranched alkanes of at least 4 members (excludes halogenated alkanes) is 2. The van der Waals surface area contributed by atoms with E-state index in [4.69, 9.17) is 9.47 Å². The molecular weight excluding hydrogens is 574 g/mol. The highest BCUT2D eigenvalue weighted by Crippen LogP contribution is 2.59. The maximum Gasteiger partial charge on any atom is 0.306 e. The lowest BCUT2D eigenvalue weighted by atomic mass is 9.70. The highest BCUT2D eigenvalue weighted by atomic mass is 16.5. The smallest absolute Gasteiger partial charge is 0.306 e. The largest absolute Gasteiger partial charge is 0.463 e. The second-order valence-electron chi connectivity index (χ2n) is 12.3. The first-order valence-corrected chi connectivity index (χ1v) is 16.4. The van der Waals surface area contributed by atoms with Gasteiger partial charge in [0.15, 0.2) is 0 Å². The van der Waals surface area contributed by atoms with Crippen LogP contribution in [0.5, 0.6) is 0 Å². The number of nitrogens with one attached hydrogen (secondary N) is 1. The van der Waals surface area contributed by atoms with E-state index in [1.54, 1.807) is 17.1 Å². The van der Waals surface area contributed by atoms with Crippen molar-refractivity contribution < 1.29 is 33.8 Å². The molecule has 10 nitrogen and oxygen atoms in total. The summed E-state index contributed by atoms with van der Waals surface area (Å²) in [5.41, 5.74) is -0.417. The molecule has 0 unspecified atom stereocenters. The second kappa shape index (κ2) is 15.7. The third kappa shape index (κ3) is 7.02. The Bertz CT molecular complexity index is 1220. The quantitative estimate of drug-likeness (QED) is 0.145. The molecule has 1 aromatic rings. The maximum atomic E-state index is 14.4. The monoisotopic (exact) mass is 623 g/mol. The van der Waals surface area contributed by atoms with Crippen LogP contribution in [0.3, 0.4) is 0 Å². The molecular formula is C35H49N3O7. The summed E-state index contributed by atoms with van der Waals surface area (Å²) in [6, 6.07) is 7.04. The van der Waals surface area contributed by atoms with E-state index in [2.05, 4.69) is 25.4 Å². The van der Waals surface area contributed by atoms with Crippen molar-refractivity contribution in [2.24, 2.45) is 11.8 Å². The van der Waals surface area contributed by atoms with Crippen molar-refractivity contribution in [2.45, 2.75) is 95.0 Å². The van der Waals surface area contributed by atoms with Crippen LogP contribution in [-0.4, -0.2) is 88.7 Å². The Morgan fingerprint density at radius 3 is 2.60 bits per heavy atom. The summed E-state index contributed by atoms with van der Waals surface area (Å²) in [4.78, 5) is 58.4. The topological polar surface area (TPSA) is 125 Å². The van der Waals surface area contributed by atoms with Crippen LogP contribution < -0.4 is 5.32 Å². The fourth-order valence-electron chi connectivity index (χ4n) is 7.29. The molecule has 3 heterocycles. The molecule has 0 aromatic heterocycles. The summed E-state index contributed by atoms with van der Waals surface area (Å²) in [6.07, 6.45) is 7.67. The van der Waals surface area contributed by atoms with Gasteiger partial charge in [0.25, 0.3) is 0 Å². The lowest BCUT2D eigenvalue weighted by Crippen LogP contribution is -2.58. The number of allylic oxidation sites excluding steroid dienone is 1. The van der Waals surface area contributed by atoms with Gasteiger partial charge in [0.05, 0.1) is 36.6 Å². The number of nitrogens with zero attached hydrogens (tertiary/aromatic N) is 2. The van der Waals surface area contributed by atoms with Crippen molar-refractivity contribution in [1.29, 1.82) is 0 Å². The second-order valence-corrected chi connectivity index (χ2v) is 12.3. The van der Waals surface area contributed by atoms with E-state index in [0.717, 1.165) is 24.8 Å². The molecule has 3 saturated heterocycles. The number of fused-ring (bicyclic) bond motifs is 1. The first-order valence-electron chi connectivity index (χ1n) is 16.4. The van der Waals surface area contributed by atoms with E-state index < -0.39 is 47.6 Å². The number of hydrogen-bond donors (Lipinski definition) is 2. The van der Waals surface area contributed by atoms with Crippen molar-refractivity contribution in [3.8, 4) is 0 Å². The number of aliphatic hydroxyl groups excluding tert-OH is 1. The molecule has 0 aliphatic carbocycles. The molecule has 7 atom stereocenters. The zero-order valence-corrected chi connectivity index (χ0v) is 26.7. The third-order valence-electron chi connectivity index (χ3n) is 9.52. The van der Waals surface area contributed by atoms with E-state index in [1.807, 2.05) is 37.3 Å². The number of aliphatic hydroxyl groups is 1. The van der Waals surface area contributed by atoms with Crippen LogP contribution in [0.1, 0.15) is 76.8 Å². The Hall–Kier alpha value is -3.50. The number of esters is 1. The van der Waals surface area contributed by atoms with Crippen molar-refractivity contribution >= 4 is 23.7 Å². The van der Waals surface area contributed by atoms with Crippen LogP contribution in [0.15, 0.2) is 55.6 Å². The highest BCUT2D eigenvalue weighted by molar-refractivity contribution is 5.99. The lowest BCUT2D eigenvalue weighted by molar-refractivity contribution is -0.151.